The van der Waals surface area contributed by atoms with Gasteiger partial charge in [-0.25, -0.2) is 0 Å². The van der Waals surface area contributed by atoms with Crippen molar-refractivity contribution in [2.45, 2.75) is 32.4 Å². The van der Waals surface area contributed by atoms with E-state index >= 15 is 0 Å². The molecule has 1 aliphatic heterocycles. The van der Waals surface area contributed by atoms with E-state index in [1.165, 1.54) is 11.3 Å². The van der Waals surface area contributed by atoms with Gasteiger partial charge in [0.2, 0.25) is 5.91 Å². The Labute approximate surface area is 140 Å². The van der Waals surface area contributed by atoms with Crippen molar-refractivity contribution in [1.29, 1.82) is 0 Å². The second kappa shape index (κ2) is 6.72. The Balaban J connectivity index is 1.84. The predicted octanol–water partition coefficient (Wildman–Crippen LogP) is 3.38. The van der Waals surface area contributed by atoms with Gasteiger partial charge >= 0.3 is 0 Å². The minimum atomic E-state index is -0.400. The Bertz CT molecular complexity index is 696. The topological polar surface area (TPSA) is 55.6 Å². The van der Waals surface area contributed by atoms with Crippen LogP contribution in [0.25, 0.3) is 10.4 Å². The molecule has 4 nitrogen and oxygen atoms in total. The fraction of sp³-hybridized carbons (Fsp3) is 0.389. The van der Waals surface area contributed by atoms with Gasteiger partial charge in [-0.15, -0.1) is 11.3 Å². The van der Waals surface area contributed by atoms with E-state index < -0.39 is 5.91 Å². The van der Waals surface area contributed by atoms with Crippen LogP contribution in [0.4, 0.5) is 0 Å². The Hall–Kier alpha value is -1.85. The molecule has 122 valence electrons. The molecular weight excluding hydrogens is 308 g/mol. The highest BCUT2D eigenvalue weighted by Gasteiger charge is 2.26. The largest absolute Gasteiger partial charge is 0.488 e. The second-order valence-electron chi connectivity index (χ2n) is 6.14. The molecule has 1 aliphatic rings. The van der Waals surface area contributed by atoms with E-state index in [0.29, 0.717) is 11.6 Å². The summed E-state index contributed by atoms with van der Waals surface area (Å²) in [6, 6.07) is 10.2. The highest BCUT2D eigenvalue weighted by atomic mass is 32.1. The van der Waals surface area contributed by atoms with Gasteiger partial charge < -0.3 is 10.5 Å². The highest BCUT2D eigenvalue weighted by molar-refractivity contribution is 7.14. The van der Waals surface area contributed by atoms with E-state index in [0.717, 1.165) is 35.7 Å². The maximum Gasteiger partial charge on any atom is 0.250 e. The number of primary amides is 1. The minimum Gasteiger partial charge on any atom is -0.488 e. The zero-order valence-corrected chi connectivity index (χ0v) is 14.3. The van der Waals surface area contributed by atoms with Crippen LogP contribution in [0.15, 0.2) is 35.7 Å². The molecule has 0 spiro atoms. The van der Waals surface area contributed by atoms with Crippen LogP contribution in [-0.2, 0) is 0 Å². The molecule has 5 heteroatoms. The summed E-state index contributed by atoms with van der Waals surface area (Å²) in [7, 11) is 0. The molecular formula is C18H22N2O2S. The van der Waals surface area contributed by atoms with Gasteiger partial charge in [-0.3, -0.25) is 9.69 Å². The third-order valence-corrected chi connectivity index (χ3v) is 5.21. The van der Waals surface area contributed by atoms with E-state index in [2.05, 4.69) is 18.7 Å². The summed E-state index contributed by atoms with van der Waals surface area (Å²) in [5.74, 6) is 0.427. The number of hydrogen-bond acceptors (Lipinski definition) is 4. The molecule has 2 aromatic rings. The monoisotopic (exact) mass is 330 g/mol. The number of carbonyl (C=O) groups excluding carboxylic acids is 1. The zero-order valence-electron chi connectivity index (χ0n) is 13.5. The van der Waals surface area contributed by atoms with Gasteiger partial charge in [0.1, 0.15) is 11.9 Å². The summed E-state index contributed by atoms with van der Waals surface area (Å²) in [6.45, 7) is 6.43. The minimum absolute atomic E-state index is 0.190. The van der Waals surface area contributed by atoms with Crippen molar-refractivity contribution in [1.82, 2.24) is 4.90 Å². The Morgan fingerprint density at radius 3 is 2.83 bits per heavy atom. The smallest absolute Gasteiger partial charge is 0.250 e. The normalized spacial score (nSPS) is 18.5. The number of rotatable bonds is 5. The van der Waals surface area contributed by atoms with Gasteiger partial charge in [-0.2, -0.15) is 0 Å². The summed E-state index contributed by atoms with van der Waals surface area (Å²) in [5, 5.41) is 1.89. The van der Waals surface area contributed by atoms with Gasteiger partial charge in [0.05, 0.1) is 10.4 Å². The van der Waals surface area contributed by atoms with Crippen LogP contribution in [0.1, 0.15) is 30.6 Å². The van der Waals surface area contributed by atoms with Gasteiger partial charge in [-0.1, -0.05) is 12.1 Å². The number of ether oxygens (including phenoxy) is 1. The quantitative estimate of drug-likeness (QED) is 0.914. The first-order valence-electron chi connectivity index (χ1n) is 7.93. The lowest BCUT2D eigenvalue weighted by atomic mass is 10.1. The van der Waals surface area contributed by atoms with Crippen LogP contribution < -0.4 is 10.5 Å². The predicted molar refractivity (Wildman–Crippen MR) is 94.0 cm³/mol. The maximum absolute atomic E-state index is 11.6. The standard InChI is InChI=1S/C18H22N2O2S/c1-12(2)20-9-7-13(11-20)22-16-6-4-3-5-14(16)17-15(18(19)21)8-10-23-17/h3-6,8,10,12-13H,7,9,11H2,1-2H3,(H2,19,21). The lowest BCUT2D eigenvalue weighted by Crippen LogP contribution is -2.30. The van der Waals surface area contributed by atoms with Crippen molar-refractivity contribution in [2.75, 3.05) is 13.1 Å². The number of nitrogens with zero attached hydrogens (tertiary/aromatic N) is 1. The van der Waals surface area contributed by atoms with Gasteiger partial charge in [0.25, 0.3) is 0 Å². The average molecular weight is 330 g/mol. The molecule has 1 fully saturated rings. The summed E-state index contributed by atoms with van der Waals surface area (Å²) < 4.78 is 6.26. The van der Waals surface area contributed by atoms with Gasteiger partial charge in [0, 0.05) is 24.7 Å². The van der Waals surface area contributed by atoms with Gasteiger partial charge in [-0.05, 0) is 43.8 Å². The molecule has 23 heavy (non-hydrogen) atoms. The Kier molecular flexibility index (Phi) is 4.68. The fourth-order valence-corrected chi connectivity index (χ4v) is 3.90. The molecule has 0 aliphatic carbocycles. The summed E-state index contributed by atoms with van der Waals surface area (Å²) in [4.78, 5) is 14.9. The van der Waals surface area contributed by atoms with Crippen molar-refractivity contribution in [2.24, 2.45) is 5.73 Å². The second-order valence-corrected chi connectivity index (χ2v) is 7.06. The van der Waals surface area contributed by atoms with Gasteiger partial charge in [0.15, 0.2) is 0 Å². The molecule has 0 radical (unpaired) electrons. The molecule has 1 aromatic heterocycles. The summed E-state index contributed by atoms with van der Waals surface area (Å²) in [6.07, 6.45) is 1.22. The number of para-hydroxylation sites is 1. The SMILES string of the molecule is CC(C)N1CCC(Oc2ccccc2-c2sccc2C(N)=O)C1. The third-order valence-electron chi connectivity index (χ3n) is 4.26. The van der Waals surface area contributed by atoms with Crippen LogP contribution in [0.2, 0.25) is 0 Å². The lowest BCUT2D eigenvalue weighted by molar-refractivity contribution is 0.100. The lowest BCUT2D eigenvalue weighted by Gasteiger charge is -2.21. The fourth-order valence-electron chi connectivity index (χ4n) is 2.97. The zero-order chi connectivity index (χ0) is 16.4. The van der Waals surface area contributed by atoms with Crippen molar-refractivity contribution < 1.29 is 9.53 Å². The summed E-state index contributed by atoms with van der Waals surface area (Å²) in [5.41, 5.74) is 6.98. The number of nitrogens with two attached hydrogens (primary N) is 1. The Morgan fingerprint density at radius 1 is 1.35 bits per heavy atom. The highest BCUT2D eigenvalue weighted by Crippen LogP contribution is 2.37. The number of hydrogen-bond donors (Lipinski definition) is 1. The summed E-state index contributed by atoms with van der Waals surface area (Å²) >= 11 is 1.52. The molecule has 2 heterocycles. The number of amides is 1. The third kappa shape index (κ3) is 3.41. The molecule has 1 amide bonds. The molecule has 1 saturated heterocycles. The average Bonchev–Trinajstić information content (AvgIpc) is 3.16. The molecule has 0 bridgehead atoms. The van der Waals surface area contributed by atoms with E-state index in [1.807, 2.05) is 29.6 Å². The number of carbonyl (C=O) groups is 1. The van der Waals surface area contributed by atoms with Crippen LogP contribution in [-0.4, -0.2) is 36.0 Å². The van der Waals surface area contributed by atoms with Crippen molar-refractivity contribution in [3.8, 4) is 16.2 Å². The first-order chi connectivity index (χ1) is 11.1. The van der Waals surface area contributed by atoms with Crippen molar-refractivity contribution >= 4 is 17.2 Å². The van der Waals surface area contributed by atoms with E-state index in [-0.39, 0.29) is 6.10 Å². The molecule has 1 unspecified atom stereocenters. The number of benzene rings is 1. The van der Waals surface area contributed by atoms with E-state index in [4.69, 9.17) is 10.5 Å². The maximum atomic E-state index is 11.6. The van der Waals surface area contributed by atoms with Crippen LogP contribution >= 0.6 is 11.3 Å². The van der Waals surface area contributed by atoms with E-state index in [1.54, 1.807) is 6.07 Å². The Morgan fingerprint density at radius 2 is 2.13 bits per heavy atom. The molecule has 2 N–H and O–H groups in total. The van der Waals surface area contributed by atoms with Crippen molar-refractivity contribution in [3.05, 3.63) is 41.3 Å². The van der Waals surface area contributed by atoms with Crippen LogP contribution in [0, 0.1) is 0 Å². The van der Waals surface area contributed by atoms with E-state index in [9.17, 15) is 4.79 Å². The number of thiophene rings is 1. The first-order valence-corrected chi connectivity index (χ1v) is 8.81. The van der Waals surface area contributed by atoms with Crippen molar-refractivity contribution in [3.63, 3.8) is 0 Å². The van der Waals surface area contributed by atoms with Crippen LogP contribution in [0.3, 0.4) is 0 Å². The molecule has 1 aromatic carbocycles. The number of likely N-dealkylation sites (tertiary alicyclic amines) is 1. The molecule has 1 atom stereocenters. The molecule has 3 rings (SSSR count). The van der Waals surface area contributed by atoms with Crippen LogP contribution in [0.5, 0.6) is 5.75 Å². The molecule has 0 saturated carbocycles. The first kappa shape index (κ1) is 16.0.